The van der Waals surface area contributed by atoms with Crippen LogP contribution in [0.2, 0.25) is 0 Å². The summed E-state index contributed by atoms with van der Waals surface area (Å²) >= 11 is 0. The summed E-state index contributed by atoms with van der Waals surface area (Å²) in [5, 5.41) is 7.86. The number of ether oxygens (including phenoxy) is 1. The highest BCUT2D eigenvalue weighted by Crippen LogP contribution is 2.39. The van der Waals surface area contributed by atoms with Gasteiger partial charge in [0.25, 0.3) is 0 Å². The van der Waals surface area contributed by atoms with Gasteiger partial charge >= 0.3 is 0 Å². The number of benzene rings is 1. The van der Waals surface area contributed by atoms with E-state index in [0.29, 0.717) is 6.04 Å². The second kappa shape index (κ2) is 8.06. The van der Waals surface area contributed by atoms with Crippen molar-refractivity contribution in [1.29, 1.82) is 0 Å². The number of imidazole rings is 1. The molecular formula is C24H27N5O2. The van der Waals surface area contributed by atoms with Crippen LogP contribution in [0.25, 0.3) is 28.0 Å². The Kier molecular flexibility index (Phi) is 5.10. The van der Waals surface area contributed by atoms with Gasteiger partial charge < -0.3 is 14.6 Å². The molecule has 1 fully saturated rings. The van der Waals surface area contributed by atoms with Crippen LogP contribution in [0.1, 0.15) is 43.6 Å². The number of hydrogen-bond donors (Lipinski definition) is 1. The van der Waals surface area contributed by atoms with Crippen molar-refractivity contribution in [3.8, 4) is 28.1 Å². The Morgan fingerprint density at radius 1 is 1.16 bits per heavy atom. The van der Waals surface area contributed by atoms with Gasteiger partial charge in [-0.15, -0.1) is 0 Å². The van der Waals surface area contributed by atoms with E-state index in [1.807, 2.05) is 26.1 Å². The molecule has 1 aliphatic carbocycles. The topological polar surface area (TPSA) is 77.5 Å². The lowest BCUT2D eigenvalue weighted by Crippen LogP contribution is -2.23. The third-order valence-corrected chi connectivity index (χ3v) is 6.15. The summed E-state index contributed by atoms with van der Waals surface area (Å²) in [4.78, 5) is 9.17. The smallest absolute Gasteiger partial charge is 0.157 e. The molecule has 0 radical (unpaired) electrons. The minimum absolute atomic E-state index is 0.452. The van der Waals surface area contributed by atoms with Crippen molar-refractivity contribution in [3.05, 3.63) is 48.2 Å². The maximum atomic E-state index is 5.82. The summed E-state index contributed by atoms with van der Waals surface area (Å²) in [6.45, 7) is 3.88. The molecule has 7 heteroatoms. The molecule has 1 N–H and O–H groups in total. The number of anilines is 1. The lowest BCUT2D eigenvalue weighted by atomic mass is 9.95. The standard InChI is InChI=1S/C24H27N5O2/c1-15-22(16(2)31-28-15)17-9-10-19(20(13-17)30-3)23-24(26-18-7-5-4-6-8-18)29-12-11-25-14-21(29)27-23/h9-14,18,26H,4-8H2,1-3H3. The number of nitrogens with one attached hydrogen (secondary N) is 1. The van der Waals surface area contributed by atoms with Gasteiger partial charge in [0.1, 0.15) is 23.0 Å². The van der Waals surface area contributed by atoms with Gasteiger partial charge in [-0.2, -0.15) is 0 Å². The van der Waals surface area contributed by atoms with Crippen molar-refractivity contribution in [2.24, 2.45) is 0 Å². The van der Waals surface area contributed by atoms with Crippen LogP contribution in [0.3, 0.4) is 0 Å². The highest BCUT2D eigenvalue weighted by molar-refractivity contribution is 5.83. The molecule has 1 aliphatic rings. The molecule has 0 amide bonds. The summed E-state index contributed by atoms with van der Waals surface area (Å²) in [6.07, 6.45) is 11.8. The van der Waals surface area contributed by atoms with E-state index < -0.39 is 0 Å². The van der Waals surface area contributed by atoms with Gasteiger partial charge in [0.05, 0.1) is 19.0 Å². The molecule has 3 aromatic heterocycles. The number of aryl methyl sites for hydroxylation is 2. The Labute approximate surface area is 181 Å². The van der Waals surface area contributed by atoms with Crippen molar-refractivity contribution >= 4 is 11.5 Å². The van der Waals surface area contributed by atoms with Crippen LogP contribution in [-0.4, -0.2) is 32.7 Å². The molecule has 4 aromatic rings. The molecule has 7 nitrogen and oxygen atoms in total. The van der Waals surface area contributed by atoms with Gasteiger partial charge in [0.15, 0.2) is 5.65 Å². The van der Waals surface area contributed by atoms with Crippen molar-refractivity contribution < 1.29 is 9.26 Å². The quantitative estimate of drug-likeness (QED) is 0.467. The Hall–Kier alpha value is -3.35. The van der Waals surface area contributed by atoms with E-state index in [0.717, 1.165) is 51.1 Å². The third kappa shape index (κ3) is 3.54. The summed E-state index contributed by atoms with van der Waals surface area (Å²) in [7, 11) is 1.70. The third-order valence-electron chi connectivity index (χ3n) is 6.15. The molecule has 0 saturated heterocycles. The van der Waals surface area contributed by atoms with Crippen LogP contribution in [0, 0.1) is 13.8 Å². The van der Waals surface area contributed by atoms with E-state index in [1.165, 1.54) is 32.1 Å². The first-order valence-corrected chi connectivity index (χ1v) is 10.9. The summed E-state index contributed by atoms with van der Waals surface area (Å²) in [6, 6.07) is 6.64. The maximum absolute atomic E-state index is 5.82. The zero-order valence-electron chi connectivity index (χ0n) is 18.2. The summed E-state index contributed by atoms with van der Waals surface area (Å²) < 4.78 is 13.3. The van der Waals surface area contributed by atoms with Crippen molar-refractivity contribution in [1.82, 2.24) is 19.5 Å². The van der Waals surface area contributed by atoms with Gasteiger partial charge in [-0.05, 0) is 44.4 Å². The van der Waals surface area contributed by atoms with Crippen LogP contribution in [0.15, 0.2) is 41.3 Å². The van der Waals surface area contributed by atoms with Crippen molar-refractivity contribution in [3.63, 3.8) is 0 Å². The van der Waals surface area contributed by atoms with Gasteiger partial charge in [-0.1, -0.05) is 30.5 Å². The maximum Gasteiger partial charge on any atom is 0.157 e. The van der Waals surface area contributed by atoms with E-state index in [4.69, 9.17) is 14.2 Å². The Bertz CT molecular complexity index is 1200. The molecule has 0 spiro atoms. The van der Waals surface area contributed by atoms with Crippen LogP contribution in [-0.2, 0) is 0 Å². The molecule has 0 atom stereocenters. The SMILES string of the molecule is COc1cc(-c2c(C)noc2C)ccc1-c1nc2cnccn2c1NC1CCCCC1. The highest BCUT2D eigenvalue weighted by Gasteiger charge is 2.22. The second-order valence-electron chi connectivity index (χ2n) is 8.21. The fraction of sp³-hybridized carbons (Fsp3) is 0.375. The highest BCUT2D eigenvalue weighted by atomic mass is 16.5. The minimum Gasteiger partial charge on any atom is -0.496 e. The lowest BCUT2D eigenvalue weighted by Gasteiger charge is -2.24. The van der Waals surface area contributed by atoms with Gasteiger partial charge in [-0.25, -0.2) is 4.98 Å². The summed E-state index contributed by atoms with van der Waals surface area (Å²) in [5.41, 5.74) is 5.52. The van der Waals surface area contributed by atoms with Gasteiger partial charge in [0, 0.05) is 29.6 Å². The minimum atomic E-state index is 0.452. The van der Waals surface area contributed by atoms with E-state index in [-0.39, 0.29) is 0 Å². The monoisotopic (exact) mass is 417 g/mol. The molecule has 1 aromatic carbocycles. The Balaban J connectivity index is 1.62. The predicted octanol–water partition coefficient (Wildman–Crippen LogP) is 5.42. The predicted molar refractivity (Wildman–Crippen MR) is 120 cm³/mol. The first-order chi connectivity index (χ1) is 15.2. The van der Waals surface area contributed by atoms with Crippen molar-refractivity contribution in [2.75, 3.05) is 12.4 Å². The van der Waals surface area contributed by atoms with E-state index >= 15 is 0 Å². The van der Waals surface area contributed by atoms with Crippen LogP contribution in [0.4, 0.5) is 5.82 Å². The van der Waals surface area contributed by atoms with Crippen LogP contribution < -0.4 is 10.1 Å². The van der Waals surface area contributed by atoms with Gasteiger partial charge in [0.2, 0.25) is 0 Å². The molecule has 0 aliphatic heterocycles. The zero-order chi connectivity index (χ0) is 21.4. The summed E-state index contributed by atoms with van der Waals surface area (Å²) in [5.74, 6) is 2.55. The molecule has 5 rings (SSSR count). The number of aromatic nitrogens is 4. The number of nitrogens with zero attached hydrogens (tertiary/aromatic N) is 4. The fourth-order valence-electron chi connectivity index (χ4n) is 4.61. The van der Waals surface area contributed by atoms with E-state index in [2.05, 4.69) is 32.0 Å². The normalized spacial score (nSPS) is 14.8. The fourth-order valence-corrected chi connectivity index (χ4v) is 4.61. The average Bonchev–Trinajstić information content (AvgIpc) is 3.33. The van der Waals surface area contributed by atoms with Crippen LogP contribution >= 0.6 is 0 Å². The largest absolute Gasteiger partial charge is 0.496 e. The first kappa shape index (κ1) is 19.6. The molecule has 31 heavy (non-hydrogen) atoms. The molecular weight excluding hydrogens is 390 g/mol. The Morgan fingerprint density at radius 2 is 2.00 bits per heavy atom. The number of rotatable bonds is 5. The van der Waals surface area contributed by atoms with E-state index in [9.17, 15) is 0 Å². The molecule has 3 heterocycles. The number of fused-ring (bicyclic) bond motifs is 1. The van der Waals surface area contributed by atoms with Gasteiger partial charge in [-0.3, -0.25) is 9.38 Å². The molecule has 1 saturated carbocycles. The number of methoxy groups -OCH3 is 1. The molecule has 160 valence electrons. The zero-order valence-corrected chi connectivity index (χ0v) is 18.2. The van der Waals surface area contributed by atoms with E-state index in [1.54, 1.807) is 19.5 Å². The Morgan fingerprint density at radius 3 is 2.74 bits per heavy atom. The average molecular weight is 418 g/mol. The second-order valence-corrected chi connectivity index (χ2v) is 8.21. The van der Waals surface area contributed by atoms with Crippen LogP contribution in [0.5, 0.6) is 5.75 Å². The van der Waals surface area contributed by atoms with Crippen molar-refractivity contribution in [2.45, 2.75) is 52.0 Å². The molecule has 0 bridgehead atoms. The molecule has 0 unspecified atom stereocenters. The first-order valence-electron chi connectivity index (χ1n) is 10.9. The lowest BCUT2D eigenvalue weighted by molar-refractivity contribution is 0.393. The number of hydrogen-bond acceptors (Lipinski definition) is 6.